The molecule has 0 aliphatic rings. The lowest BCUT2D eigenvalue weighted by Crippen LogP contribution is -2.02. The lowest BCUT2D eigenvalue weighted by atomic mass is 10.1. The van der Waals surface area contributed by atoms with Crippen molar-refractivity contribution in [2.75, 3.05) is 26.4 Å². The molecule has 0 saturated carbocycles. The lowest BCUT2D eigenvalue weighted by molar-refractivity contribution is -0.138. The highest BCUT2D eigenvalue weighted by atomic mass is 16.5. The van der Waals surface area contributed by atoms with E-state index < -0.39 is 0 Å². The quantitative estimate of drug-likeness (QED) is 0.0796. The topological polar surface area (TPSA) is 71.1 Å². The zero-order valence-electron chi connectivity index (χ0n) is 22.3. The van der Waals surface area contributed by atoms with E-state index in [1.54, 1.807) is 0 Å². The van der Waals surface area contributed by atoms with Crippen molar-refractivity contribution in [2.45, 2.75) is 51.4 Å². The molecule has 2 aromatic carbocycles. The number of benzene rings is 2. The maximum atomic E-state index is 11.0. The molecule has 0 atom stereocenters. The van der Waals surface area contributed by atoms with Gasteiger partial charge in [-0.3, -0.25) is 0 Å². The third-order valence-electron chi connectivity index (χ3n) is 5.67. The van der Waals surface area contributed by atoms with Gasteiger partial charge in [0.05, 0.1) is 26.4 Å². The highest BCUT2D eigenvalue weighted by molar-refractivity contribution is 5.81. The Bertz CT molecular complexity index is 910. The van der Waals surface area contributed by atoms with Crippen molar-refractivity contribution in [1.29, 1.82) is 0 Å². The molecule has 204 valence electrons. The van der Waals surface area contributed by atoms with Gasteiger partial charge in [0.2, 0.25) is 0 Å². The number of ether oxygens (including phenoxy) is 4. The Labute approximate surface area is 226 Å². The van der Waals surface area contributed by atoms with E-state index in [-0.39, 0.29) is 11.9 Å². The second kappa shape index (κ2) is 19.3. The molecule has 0 N–H and O–H groups in total. The maximum absolute atomic E-state index is 11.0. The van der Waals surface area contributed by atoms with Crippen LogP contribution in [0.1, 0.15) is 62.5 Å². The van der Waals surface area contributed by atoms with Gasteiger partial charge in [-0.15, -0.1) is 0 Å². The van der Waals surface area contributed by atoms with Crippen LogP contribution in [0.5, 0.6) is 11.5 Å². The third kappa shape index (κ3) is 14.1. The number of unbranched alkanes of at least 4 members (excludes halogenated alkanes) is 6. The van der Waals surface area contributed by atoms with Gasteiger partial charge in [-0.25, -0.2) is 9.59 Å². The average Bonchev–Trinajstić information content (AvgIpc) is 2.95. The summed E-state index contributed by atoms with van der Waals surface area (Å²) in [6.45, 7) is 8.98. The largest absolute Gasteiger partial charge is 0.494 e. The molecule has 38 heavy (non-hydrogen) atoms. The van der Waals surface area contributed by atoms with Crippen LogP contribution in [-0.2, 0) is 19.1 Å². The predicted octanol–water partition coefficient (Wildman–Crippen LogP) is 7.19. The van der Waals surface area contributed by atoms with Gasteiger partial charge in [0.1, 0.15) is 11.5 Å². The SMILES string of the molecule is C=CC(=O)OCCCCCCOc1ccc(C=Cc2ccc(OCCCCCCOC(=O)C=C)cc2)cc1. The average molecular weight is 521 g/mol. The molecule has 0 radical (unpaired) electrons. The van der Waals surface area contributed by atoms with E-state index in [1.165, 1.54) is 12.2 Å². The molecule has 0 bridgehead atoms. The summed E-state index contributed by atoms with van der Waals surface area (Å²) >= 11 is 0. The van der Waals surface area contributed by atoms with Crippen LogP contribution < -0.4 is 9.47 Å². The smallest absolute Gasteiger partial charge is 0.330 e. The van der Waals surface area contributed by atoms with Crippen molar-refractivity contribution in [2.24, 2.45) is 0 Å². The molecular weight excluding hydrogens is 480 g/mol. The van der Waals surface area contributed by atoms with Crippen LogP contribution in [0.2, 0.25) is 0 Å². The summed E-state index contributed by atoms with van der Waals surface area (Å²) in [6.07, 6.45) is 14.2. The minimum atomic E-state index is -0.364. The second-order valence-electron chi connectivity index (χ2n) is 8.74. The Morgan fingerprint density at radius 1 is 0.526 bits per heavy atom. The van der Waals surface area contributed by atoms with Crippen molar-refractivity contribution in [3.05, 3.63) is 85.0 Å². The van der Waals surface area contributed by atoms with E-state index >= 15 is 0 Å². The van der Waals surface area contributed by atoms with Crippen molar-refractivity contribution >= 4 is 24.1 Å². The fourth-order valence-electron chi connectivity index (χ4n) is 3.50. The van der Waals surface area contributed by atoms with Gasteiger partial charge in [-0.1, -0.05) is 49.6 Å². The van der Waals surface area contributed by atoms with Crippen LogP contribution in [0, 0.1) is 0 Å². The summed E-state index contributed by atoms with van der Waals surface area (Å²) in [6, 6.07) is 16.1. The summed E-state index contributed by atoms with van der Waals surface area (Å²) in [5.41, 5.74) is 2.21. The van der Waals surface area contributed by atoms with Crippen LogP contribution in [0.15, 0.2) is 73.8 Å². The summed E-state index contributed by atoms with van der Waals surface area (Å²) in [5.74, 6) is 0.994. The molecule has 0 aliphatic heterocycles. The first-order chi connectivity index (χ1) is 18.6. The molecular formula is C32H40O6. The molecule has 0 amide bonds. The fraction of sp³-hybridized carbons (Fsp3) is 0.375. The normalized spacial score (nSPS) is 10.6. The van der Waals surface area contributed by atoms with Crippen molar-refractivity contribution in [3.63, 3.8) is 0 Å². The number of hydrogen-bond acceptors (Lipinski definition) is 6. The Balaban J connectivity index is 1.57. The van der Waals surface area contributed by atoms with E-state index in [1.807, 2.05) is 48.5 Å². The van der Waals surface area contributed by atoms with Gasteiger partial charge in [0.25, 0.3) is 0 Å². The minimum Gasteiger partial charge on any atom is -0.494 e. The second-order valence-corrected chi connectivity index (χ2v) is 8.74. The molecule has 2 rings (SSSR count). The van der Waals surface area contributed by atoms with E-state index in [4.69, 9.17) is 18.9 Å². The third-order valence-corrected chi connectivity index (χ3v) is 5.67. The van der Waals surface area contributed by atoms with Gasteiger partial charge < -0.3 is 18.9 Å². The standard InChI is InChI=1S/C32H40O6/c1-3-31(33)37-25-11-7-5-9-23-35-29-19-15-27(16-20-29)13-14-28-17-21-30(22-18-28)36-24-10-6-8-12-26-38-32(34)4-2/h3-4,13-22H,1-2,5-12,23-26H2. The van der Waals surface area contributed by atoms with E-state index in [2.05, 4.69) is 25.3 Å². The first-order valence-electron chi connectivity index (χ1n) is 13.3. The highest BCUT2D eigenvalue weighted by Gasteiger charge is 1.99. The van der Waals surface area contributed by atoms with Gasteiger partial charge in [-0.2, -0.15) is 0 Å². The van der Waals surface area contributed by atoms with E-state index in [0.717, 1.165) is 74.0 Å². The first kappa shape index (κ1) is 30.4. The molecule has 6 heteroatoms. The van der Waals surface area contributed by atoms with Crippen molar-refractivity contribution < 1.29 is 28.5 Å². The van der Waals surface area contributed by atoms with Crippen LogP contribution >= 0.6 is 0 Å². The first-order valence-corrected chi connectivity index (χ1v) is 13.3. The van der Waals surface area contributed by atoms with Crippen molar-refractivity contribution in [1.82, 2.24) is 0 Å². The number of hydrogen-bond donors (Lipinski definition) is 0. The Morgan fingerprint density at radius 2 is 0.868 bits per heavy atom. The Hall–Kier alpha value is -3.80. The molecule has 2 aromatic rings. The highest BCUT2D eigenvalue weighted by Crippen LogP contribution is 2.17. The van der Waals surface area contributed by atoms with Crippen LogP contribution in [0.4, 0.5) is 0 Å². The number of esters is 2. The zero-order chi connectivity index (χ0) is 27.3. The van der Waals surface area contributed by atoms with Crippen LogP contribution in [0.3, 0.4) is 0 Å². The monoisotopic (exact) mass is 520 g/mol. The summed E-state index contributed by atoms with van der Waals surface area (Å²) in [4.78, 5) is 21.9. The number of rotatable bonds is 20. The van der Waals surface area contributed by atoms with Crippen molar-refractivity contribution in [3.8, 4) is 11.5 Å². The summed E-state index contributed by atoms with van der Waals surface area (Å²) in [7, 11) is 0. The fourth-order valence-corrected chi connectivity index (χ4v) is 3.50. The summed E-state index contributed by atoms with van der Waals surface area (Å²) in [5, 5.41) is 0. The van der Waals surface area contributed by atoms with Gasteiger partial charge in [-0.05, 0) is 86.8 Å². The number of carbonyl (C=O) groups excluding carboxylic acids is 2. The predicted molar refractivity (Wildman–Crippen MR) is 152 cm³/mol. The molecule has 0 aromatic heterocycles. The van der Waals surface area contributed by atoms with E-state index in [9.17, 15) is 9.59 Å². The van der Waals surface area contributed by atoms with Crippen LogP contribution in [-0.4, -0.2) is 38.4 Å². The molecule has 0 unspecified atom stereocenters. The van der Waals surface area contributed by atoms with E-state index in [0.29, 0.717) is 26.4 Å². The Kier molecular flexibility index (Phi) is 15.5. The molecule has 0 saturated heterocycles. The maximum Gasteiger partial charge on any atom is 0.330 e. The molecule has 0 heterocycles. The minimum absolute atomic E-state index is 0.364. The Morgan fingerprint density at radius 3 is 1.21 bits per heavy atom. The van der Waals surface area contributed by atoms with Crippen LogP contribution in [0.25, 0.3) is 12.2 Å². The van der Waals surface area contributed by atoms with Gasteiger partial charge in [0.15, 0.2) is 0 Å². The summed E-state index contributed by atoms with van der Waals surface area (Å²) < 4.78 is 21.6. The molecule has 0 aliphatic carbocycles. The van der Waals surface area contributed by atoms with Gasteiger partial charge in [0, 0.05) is 12.2 Å². The lowest BCUT2D eigenvalue weighted by Gasteiger charge is -2.07. The molecule has 0 fully saturated rings. The van der Waals surface area contributed by atoms with Gasteiger partial charge >= 0.3 is 11.9 Å². The zero-order valence-corrected chi connectivity index (χ0v) is 22.3. The molecule has 6 nitrogen and oxygen atoms in total. The molecule has 0 spiro atoms. The number of carbonyl (C=O) groups is 2.